The van der Waals surface area contributed by atoms with Crippen LogP contribution in [-0.4, -0.2) is 25.8 Å². The van der Waals surface area contributed by atoms with Gasteiger partial charge in [0, 0.05) is 11.1 Å². The quantitative estimate of drug-likeness (QED) is 0.710. The van der Waals surface area contributed by atoms with Crippen molar-refractivity contribution in [1.82, 2.24) is 9.59 Å². The van der Waals surface area contributed by atoms with E-state index in [1.165, 1.54) is 12.1 Å². The van der Waals surface area contributed by atoms with E-state index >= 15 is 0 Å². The first-order valence-electron chi connectivity index (χ1n) is 4.72. The van der Waals surface area contributed by atoms with Crippen molar-refractivity contribution in [2.75, 3.05) is 5.32 Å². The Kier molecular flexibility index (Phi) is 3.31. The third-order valence-electron chi connectivity index (χ3n) is 2.09. The number of carbonyl (C=O) groups is 1. The third kappa shape index (κ3) is 2.77. The minimum Gasteiger partial charge on any atom is -0.478 e. The van der Waals surface area contributed by atoms with Crippen LogP contribution in [0.4, 0.5) is 5.69 Å². The predicted molar refractivity (Wildman–Crippen MR) is 61.9 cm³/mol. The molecule has 0 spiro atoms. The summed E-state index contributed by atoms with van der Waals surface area (Å²) in [5.41, 5.74) is 1.23. The van der Waals surface area contributed by atoms with E-state index in [-0.39, 0.29) is 5.56 Å². The molecule has 0 fully saturated rings. The Bertz CT molecular complexity index is 498. The van der Waals surface area contributed by atoms with Gasteiger partial charge in [0.15, 0.2) is 6.23 Å². The maximum Gasteiger partial charge on any atom is 0.335 e. The number of rotatable bonds is 4. The molecule has 2 rings (SSSR count). The number of aliphatic hydroxyl groups is 1. The van der Waals surface area contributed by atoms with Crippen LogP contribution < -0.4 is 5.32 Å². The van der Waals surface area contributed by atoms with Gasteiger partial charge in [-0.2, -0.15) is 0 Å². The first-order valence-corrected chi connectivity index (χ1v) is 5.55. The van der Waals surface area contributed by atoms with Crippen molar-refractivity contribution in [1.29, 1.82) is 0 Å². The lowest BCUT2D eigenvalue weighted by Crippen LogP contribution is -2.10. The zero-order valence-electron chi connectivity index (χ0n) is 8.57. The fourth-order valence-electron chi connectivity index (χ4n) is 1.23. The summed E-state index contributed by atoms with van der Waals surface area (Å²) in [6.45, 7) is 0. The number of aromatic carboxylic acids is 1. The number of benzene rings is 1. The second-order valence-corrected chi connectivity index (χ2v) is 3.87. The highest BCUT2D eigenvalue weighted by molar-refractivity contribution is 7.03. The fraction of sp³-hybridized carbons (Fsp3) is 0.100. The zero-order valence-corrected chi connectivity index (χ0v) is 9.39. The molecule has 6 nitrogen and oxygen atoms in total. The van der Waals surface area contributed by atoms with Crippen LogP contribution in [0.2, 0.25) is 0 Å². The first-order chi connectivity index (χ1) is 8.16. The Morgan fingerprint density at radius 2 is 2.06 bits per heavy atom. The fourth-order valence-corrected chi connectivity index (χ4v) is 1.70. The summed E-state index contributed by atoms with van der Waals surface area (Å²) in [6.07, 6.45) is -0.954. The van der Waals surface area contributed by atoms with E-state index in [4.69, 9.17) is 5.11 Å². The summed E-state index contributed by atoms with van der Waals surface area (Å²) >= 11 is 1.15. The van der Waals surface area contributed by atoms with Crippen LogP contribution in [0.15, 0.2) is 29.6 Å². The number of hydrogen-bond donors (Lipinski definition) is 3. The van der Waals surface area contributed by atoms with Gasteiger partial charge in [0.2, 0.25) is 0 Å². The number of carboxylic acid groups (broad SMARTS) is 1. The molecule has 1 atom stereocenters. The van der Waals surface area contributed by atoms with Crippen molar-refractivity contribution in [2.45, 2.75) is 6.23 Å². The standard InChI is InChI=1S/C10H9N3O3S/c14-9(8-5-17-13-12-8)11-7-3-1-6(2-4-7)10(15)16/h1-5,9,11,14H,(H,15,16). The molecule has 1 aromatic heterocycles. The van der Waals surface area contributed by atoms with Crippen molar-refractivity contribution in [3.05, 3.63) is 40.9 Å². The van der Waals surface area contributed by atoms with E-state index in [0.717, 1.165) is 11.5 Å². The molecule has 0 saturated carbocycles. The van der Waals surface area contributed by atoms with Gasteiger partial charge in [0.05, 0.1) is 5.56 Å². The molecule has 0 saturated heterocycles. The van der Waals surface area contributed by atoms with Gasteiger partial charge in [-0.15, -0.1) is 5.10 Å². The molecule has 0 aliphatic heterocycles. The Labute approximate surface area is 101 Å². The van der Waals surface area contributed by atoms with Gasteiger partial charge >= 0.3 is 5.97 Å². The van der Waals surface area contributed by atoms with Crippen molar-refractivity contribution in [2.24, 2.45) is 0 Å². The van der Waals surface area contributed by atoms with E-state index in [1.54, 1.807) is 17.5 Å². The number of carboxylic acids is 1. The number of nitrogens with one attached hydrogen (secondary N) is 1. The summed E-state index contributed by atoms with van der Waals surface area (Å²) in [5, 5.41) is 26.6. The van der Waals surface area contributed by atoms with E-state index in [0.29, 0.717) is 11.4 Å². The van der Waals surface area contributed by atoms with Crippen molar-refractivity contribution in [3.8, 4) is 0 Å². The molecular formula is C10H9N3O3S. The van der Waals surface area contributed by atoms with E-state index < -0.39 is 12.2 Å². The molecule has 1 unspecified atom stereocenters. The summed E-state index contributed by atoms with van der Waals surface area (Å²) in [4.78, 5) is 10.6. The number of aliphatic hydroxyl groups excluding tert-OH is 1. The monoisotopic (exact) mass is 251 g/mol. The molecular weight excluding hydrogens is 242 g/mol. The highest BCUT2D eigenvalue weighted by Gasteiger charge is 2.10. The molecule has 0 aliphatic rings. The lowest BCUT2D eigenvalue weighted by Gasteiger charge is -2.11. The number of anilines is 1. The molecule has 0 bridgehead atoms. The van der Waals surface area contributed by atoms with Crippen LogP contribution in [-0.2, 0) is 0 Å². The topological polar surface area (TPSA) is 95.3 Å². The SMILES string of the molecule is O=C(O)c1ccc(NC(O)c2csnn2)cc1. The molecule has 0 aliphatic carbocycles. The maximum atomic E-state index is 10.6. The van der Waals surface area contributed by atoms with E-state index in [2.05, 4.69) is 14.9 Å². The molecule has 3 N–H and O–H groups in total. The van der Waals surface area contributed by atoms with Gasteiger partial charge in [0.25, 0.3) is 0 Å². The second-order valence-electron chi connectivity index (χ2n) is 3.26. The lowest BCUT2D eigenvalue weighted by molar-refractivity contribution is 0.0697. The van der Waals surface area contributed by atoms with Gasteiger partial charge in [-0.25, -0.2) is 4.79 Å². The third-order valence-corrected chi connectivity index (χ3v) is 2.62. The van der Waals surface area contributed by atoms with Gasteiger partial charge in [0.1, 0.15) is 5.69 Å². The molecule has 1 aromatic carbocycles. The summed E-state index contributed by atoms with van der Waals surface area (Å²) in [6, 6.07) is 6.06. The van der Waals surface area contributed by atoms with Gasteiger partial charge in [-0.3, -0.25) is 0 Å². The zero-order chi connectivity index (χ0) is 12.3. The molecule has 88 valence electrons. The molecule has 17 heavy (non-hydrogen) atoms. The average molecular weight is 251 g/mol. The van der Waals surface area contributed by atoms with Crippen LogP contribution in [0.3, 0.4) is 0 Å². The first kappa shape index (κ1) is 11.5. The van der Waals surface area contributed by atoms with Crippen LogP contribution in [0.5, 0.6) is 0 Å². The minimum atomic E-state index is -0.985. The Balaban J connectivity index is 2.06. The molecule has 0 radical (unpaired) electrons. The number of nitrogens with zero attached hydrogens (tertiary/aromatic N) is 2. The maximum absolute atomic E-state index is 10.6. The number of aromatic nitrogens is 2. The highest BCUT2D eigenvalue weighted by Crippen LogP contribution is 2.16. The van der Waals surface area contributed by atoms with Gasteiger partial charge in [-0.1, -0.05) is 4.49 Å². The predicted octanol–water partition coefficient (Wildman–Crippen LogP) is 1.34. The van der Waals surface area contributed by atoms with Crippen molar-refractivity contribution >= 4 is 23.2 Å². The minimum absolute atomic E-state index is 0.195. The Hall–Kier alpha value is -1.99. The molecule has 2 aromatic rings. The Morgan fingerprint density at radius 3 is 2.59 bits per heavy atom. The molecule has 0 amide bonds. The van der Waals surface area contributed by atoms with Crippen molar-refractivity contribution < 1.29 is 15.0 Å². The molecule has 1 heterocycles. The smallest absolute Gasteiger partial charge is 0.335 e. The average Bonchev–Trinajstić information content (AvgIpc) is 2.83. The Morgan fingerprint density at radius 1 is 1.35 bits per heavy atom. The summed E-state index contributed by atoms with van der Waals surface area (Å²) < 4.78 is 3.64. The highest BCUT2D eigenvalue weighted by atomic mass is 32.1. The van der Waals surface area contributed by atoms with Gasteiger partial charge < -0.3 is 15.5 Å². The summed E-state index contributed by atoms with van der Waals surface area (Å²) in [5.74, 6) is -0.985. The largest absolute Gasteiger partial charge is 0.478 e. The number of hydrogen-bond acceptors (Lipinski definition) is 6. The van der Waals surface area contributed by atoms with Crippen LogP contribution in [0, 0.1) is 0 Å². The second kappa shape index (κ2) is 4.89. The normalized spacial score (nSPS) is 12.1. The van der Waals surface area contributed by atoms with E-state index in [1.807, 2.05) is 0 Å². The van der Waals surface area contributed by atoms with Crippen molar-refractivity contribution in [3.63, 3.8) is 0 Å². The summed E-state index contributed by atoms with van der Waals surface area (Å²) in [7, 11) is 0. The van der Waals surface area contributed by atoms with Crippen LogP contribution >= 0.6 is 11.5 Å². The molecule has 7 heteroatoms. The van der Waals surface area contributed by atoms with E-state index in [9.17, 15) is 9.90 Å². The van der Waals surface area contributed by atoms with Crippen LogP contribution in [0.25, 0.3) is 0 Å². The lowest BCUT2D eigenvalue weighted by atomic mass is 10.2. The van der Waals surface area contributed by atoms with Gasteiger partial charge in [-0.05, 0) is 35.8 Å². The van der Waals surface area contributed by atoms with Crippen LogP contribution in [0.1, 0.15) is 22.3 Å².